The molecule has 0 fully saturated rings. The zero-order valence-electron chi connectivity index (χ0n) is 59.3. The first kappa shape index (κ1) is 89.1. The Kier molecular flexibility index (Phi) is 61.5. The van der Waals surface area contributed by atoms with Crippen LogP contribution in [0.2, 0.25) is 0 Å². The minimum absolute atomic E-state index is 0.104. The van der Waals surface area contributed by atoms with Gasteiger partial charge in [-0.3, -0.25) is 37.3 Å². The molecule has 0 spiro atoms. The second-order valence-corrected chi connectivity index (χ2v) is 30.1. The van der Waals surface area contributed by atoms with Crippen LogP contribution in [0.4, 0.5) is 0 Å². The van der Waals surface area contributed by atoms with Gasteiger partial charge in [0.25, 0.3) is 0 Å². The Morgan fingerprint density at radius 2 is 0.560 bits per heavy atom. The molecule has 3 N–H and O–H groups in total. The number of aliphatic hydroxyl groups excluding tert-OH is 1. The van der Waals surface area contributed by atoms with Crippen LogP contribution >= 0.6 is 15.6 Å². The highest BCUT2D eigenvalue weighted by molar-refractivity contribution is 7.47. The lowest BCUT2D eigenvalue weighted by molar-refractivity contribution is -0.161. The molecular formula is C72H140O17P2. The lowest BCUT2D eigenvalue weighted by atomic mass is 9.99. The molecule has 0 heterocycles. The molecule has 19 heteroatoms. The number of phosphoric ester groups is 2. The number of unbranched alkanes of at least 4 members (excludes halogenated alkanes) is 37. The van der Waals surface area contributed by atoms with E-state index in [1.165, 1.54) is 173 Å². The monoisotopic (exact) mass is 1340 g/mol. The van der Waals surface area contributed by atoms with Gasteiger partial charge in [-0.1, -0.05) is 312 Å². The Morgan fingerprint density at radius 3 is 0.835 bits per heavy atom. The smallest absolute Gasteiger partial charge is 0.462 e. The van der Waals surface area contributed by atoms with Crippen molar-refractivity contribution in [3.63, 3.8) is 0 Å². The average molecular weight is 1340 g/mol. The zero-order valence-corrected chi connectivity index (χ0v) is 61.1. The number of ether oxygens (including phenoxy) is 4. The van der Waals surface area contributed by atoms with Crippen LogP contribution in [0.1, 0.15) is 363 Å². The number of hydrogen-bond donors (Lipinski definition) is 3. The molecule has 17 nitrogen and oxygen atoms in total. The molecule has 0 aliphatic heterocycles. The van der Waals surface area contributed by atoms with Crippen LogP contribution < -0.4 is 0 Å². The van der Waals surface area contributed by atoms with Crippen LogP contribution in [0.25, 0.3) is 0 Å². The third-order valence-electron chi connectivity index (χ3n) is 17.0. The number of carbonyl (C=O) groups is 4. The number of carbonyl (C=O) groups excluding carboxylic acids is 4. The van der Waals surface area contributed by atoms with Gasteiger partial charge in [-0.05, 0) is 43.4 Å². The lowest BCUT2D eigenvalue weighted by Gasteiger charge is -2.21. The van der Waals surface area contributed by atoms with Crippen molar-refractivity contribution in [2.24, 2.45) is 17.8 Å². The van der Waals surface area contributed by atoms with Gasteiger partial charge in [-0.15, -0.1) is 0 Å². The lowest BCUT2D eigenvalue weighted by Crippen LogP contribution is -2.30. The fourth-order valence-corrected chi connectivity index (χ4v) is 12.4. The fourth-order valence-electron chi connectivity index (χ4n) is 10.9. The Hall–Kier alpha value is -1.94. The van der Waals surface area contributed by atoms with E-state index < -0.39 is 97.5 Å². The fraction of sp³-hybridized carbons (Fsp3) is 0.944. The first-order chi connectivity index (χ1) is 43.8. The van der Waals surface area contributed by atoms with Crippen molar-refractivity contribution in [1.82, 2.24) is 0 Å². The summed E-state index contributed by atoms with van der Waals surface area (Å²) in [5, 5.41) is 10.6. The van der Waals surface area contributed by atoms with Gasteiger partial charge in [0.2, 0.25) is 0 Å². The van der Waals surface area contributed by atoms with Crippen LogP contribution in [0.15, 0.2) is 0 Å². The van der Waals surface area contributed by atoms with Crippen molar-refractivity contribution in [2.45, 2.75) is 381 Å². The van der Waals surface area contributed by atoms with E-state index in [2.05, 4.69) is 48.5 Å². The van der Waals surface area contributed by atoms with Gasteiger partial charge in [0.05, 0.1) is 26.4 Å². The predicted molar refractivity (Wildman–Crippen MR) is 368 cm³/mol. The van der Waals surface area contributed by atoms with Crippen LogP contribution in [0.5, 0.6) is 0 Å². The maximum Gasteiger partial charge on any atom is 0.472 e. The molecule has 0 amide bonds. The van der Waals surface area contributed by atoms with Gasteiger partial charge in [-0.2, -0.15) is 0 Å². The van der Waals surface area contributed by atoms with Gasteiger partial charge < -0.3 is 33.8 Å². The molecule has 0 radical (unpaired) electrons. The summed E-state index contributed by atoms with van der Waals surface area (Å²) in [7, 11) is -9.90. The summed E-state index contributed by atoms with van der Waals surface area (Å²) in [6.07, 6.45) is 47.1. The Balaban J connectivity index is 5.23. The molecule has 540 valence electrons. The molecule has 0 aromatic heterocycles. The summed E-state index contributed by atoms with van der Waals surface area (Å²) < 4.78 is 68.3. The third-order valence-corrected chi connectivity index (χ3v) is 18.9. The number of esters is 4. The zero-order chi connectivity index (χ0) is 67.3. The van der Waals surface area contributed by atoms with Crippen LogP contribution in [-0.4, -0.2) is 96.7 Å². The minimum atomic E-state index is -4.95. The molecule has 0 rings (SSSR count). The van der Waals surface area contributed by atoms with E-state index >= 15 is 0 Å². The van der Waals surface area contributed by atoms with Crippen molar-refractivity contribution < 1.29 is 80.2 Å². The summed E-state index contributed by atoms with van der Waals surface area (Å²) >= 11 is 0. The Morgan fingerprint density at radius 1 is 0.319 bits per heavy atom. The van der Waals surface area contributed by atoms with Crippen molar-refractivity contribution in [2.75, 3.05) is 39.6 Å². The number of phosphoric acid groups is 2. The van der Waals surface area contributed by atoms with E-state index in [-0.39, 0.29) is 25.7 Å². The molecule has 6 atom stereocenters. The quantitative estimate of drug-likeness (QED) is 0.0222. The number of rotatable bonds is 70. The second kappa shape index (κ2) is 62.8. The van der Waals surface area contributed by atoms with E-state index in [1.54, 1.807) is 0 Å². The van der Waals surface area contributed by atoms with E-state index in [0.29, 0.717) is 25.7 Å². The highest BCUT2D eigenvalue weighted by Gasteiger charge is 2.30. The van der Waals surface area contributed by atoms with Crippen LogP contribution in [-0.2, 0) is 65.4 Å². The highest BCUT2D eigenvalue weighted by Crippen LogP contribution is 2.45. The maximum atomic E-state index is 13.0. The van der Waals surface area contributed by atoms with Gasteiger partial charge >= 0.3 is 39.5 Å². The standard InChI is InChI=1S/C72H140O17P2/c1-8-10-11-12-13-14-24-32-39-46-53-69(74)82-60-68(89-72(77)56-49-42-35-28-27-30-37-44-51-64(5)6)62-87-91(80,81)85-58-66(73)57-84-90(78,79)86-61-67(59-83-70(75)54-47-40-33-26-21-22-29-36-43-50-63(3)4)88-71(76)55-48-41-34-25-20-18-16-15-17-19-23-31-38-45-52-65(7)9-2/h63-68,73H,8-62H2,1-7H3,(H,78,79)(H,80,81)/t65?,66-,67-,68-/m1/s1. The maximum absolute atomic E-state index is 13.0. The van der Waals surface area contributed by atoms with Gasteiger partial charge in [0.15, 0.2) is 12.2 Å². The van der Waals surface area contributed by atoms with E-state index in [1.807, 2.05) is 0 Å². The SMILES string of the molecule is CCCCCCCCCCCCC(=O)OC[C@H](COP(=O)(O)OC[C@H](O)COP(=O)(O)OC[C@@H](COC(=O)CCCCCCCCCCCC(C)C)OC(=O)CCCCCCCCCCCCCCCCC(C)CC)OC(=O)CCCCCCCCCCC(C)C. The largest absolute Gasteiger partial charge is 0.472 e. The third kappa shape index (κ3) is 65.1. The number of aliphatic hydroxyl groups is 1. The van der Waals surface area contributed by atoms with Crippen molar-refractivity contribution in [3.8, 4) is 0 Å². The van der Waals surface area contributed by atoms with Crippen molar-refractivity contribution in [1.29, 1.82) is 0 Å². The van der Waals surface area contributed by atoms with E-state index in [4.69, 9.17) is 37.0 Å². The van der Waals surface area contributed by atoms with Crippen molar-refractivity contribution >= 4 is 39.5 Å². The molecule has 3 unspecified atom stereocenters. The van der Waals surface area contributed by atoms with Gasteiger partial charge in [0.1, 0.15) is 19.3 Å². The molecule has 0 bridgehead atoms. The minimum Gasteiger partial charge on any atom is -0.462 e. The van der Waals surface area contributed by atoms with Crippen LogP contribution in [0, 0.1) is 17.8 Å². The van der Waals surface area contributed by atoms with Crippen molar-refractivity contribution in [3.05, 3.63) is 0 Å². The summed E-state index contributed by atoms with van der Waals surface area (Å²) in [5.74, 6) is 0.183. The molecule has 91 heavy (non-hydrogen) atoms. The molecule has 0 aromatic carbocycles. The molecule has 0 aromatic rings. The first-order valence-electron chi connectivity index (χ1n) is 37.4. The van der Waals surface area contributed by atoms with Gasteiger partial charge in [-0.25, -0.2) is 9.13 Å². The Labute approximate surface area is 556 Å². The summed E-state index contributed by atoms with van der Waals surface area (Å²) in [5.41, 5.74) is 0. The topological polar surface area (TPSA) is 237 Å². The number of hydrogen-bond acceptors (Lipinski definition) is 15. The summed E-state index contributed by atoms with van der Waals surface area (Å²) in [6.45, 7) is 11.9. The second-order valence-electron chi connectivity index (χ2n) is 27.2. The normalized spacial score (nSPS) is 14.5. The van der Waals surface area contributed by atoms with E-state index in [0.717, 1.165) is 108 Å². The highest BCUT2D eigenvalue weighted by atomic mass is 31.2. The molecule has 0 aliphatic rings. The summed E-state index contributed by atoms with van der Waals surface area (Å²) in [4.78, 5) is 72.6. The molecular weight excluding hydrogens is 1200 g/mol. The molecule has 0 saturated heterocycles. The predicted octanol–water partition coefficient (Wildman–Crippen LogP) is 20.6. The van der Waals surface area contributed by atoms with Crippen LogP contribution in [0.3, 0.4) is 0 Å². The van der Waals surface area contributed by atoms with E-state index in [9.17, 15) is 43.2 Å². The Bertz CT molecular complexity index is 1790. The molecule has 0 aliphatic carbocycles. The first-order valence-corrected chi connectivity index (χ1v) is 40.4. The van der Waals surface area contributed by atoms with Gasteiger partial charge in [0, 0.05) is 25.7 Å². The molecule has 0 saturated carbocycles. The summed E-state index contributed by atoms with van der Waals surface area (Å²) in [6, 6.07) is 0. The average Bonchev–Trinajstić information content (AvgIpc) is 2.94.